The van der Waals surface area contributed by atoms with Crippen molar-refractivity contribution >= 4 is 11.8 Å². The molecule has 7 nitrogen and oxygen atoms in total. The van der Waals surface area contributed by atoms with E-state index in [4.69, 9.17) is 0 Å². The van der Waals surface area contributed by atoms with E-state index in [9.17, 15) is 18.8 Å². The van der Waals surface area contributed by atoms with Crippen molar-refractivity contribution in [3.63, 3.8) is 0 Å². The Labute approximate surface area is 184 Å². The van der Waals surface area contributed by atoms with E-state index in [2.05, 4.69) is 10.4 Å². The number of aromatic nitrogens is 2. The molecule has 8 heteroatoms. The smallest absolute Gasteiger partial charge is 0.276 e. The number of nitrogens with zero attached hydrogens (tertiary/aromatic N) is 3. The number of halogens is 1. The fourth-order valence-electron chi connectivity index (χ4n) is 3.76. The molecule has 0 unspecified atom stereocenters. The van der Waals surface area contributed by atoms with Crippen molar-refractivity contribution in [2.24, 2.45) is 0 Å². The van der Waals surface area contributed by atoms with Gasteiger partial charge in [0.1, 0.15) is 11.5 Å². The number of carbonyl (C=O) groups excluding carboxylic acids is 2. The molecule has 0 aliphatic carbocycles. The Morgan fingerprint density at radius 2 is 1.81 bits per heavy atom. The average molecular weight is 434 g/mol. The van der Waals surface area contributed by atoms with Crippen LogP contribution in [0.15, 0.2) is 59.4 Å². The molecule has 0 atom stereocenters. The van der Waals surface area contributed by atoms with Crippen molar-refractivity contribution in [3.8, 4) is 5.69 Å². The summed E-state index contributed by atoms with van der Waals surface area (Å²) in [4.78, 5) is 39.5. The molecule has 0 saturated carbocycles. The zero-order chi connectivity index (χ0) is 22.7. The number of hydrogen-bond acceptors (Lipinski definition) is 4. The largest absolute Gasteiger partial charge is 0.346 e. The lowest BCUT2D eigenvalue weighted by molar-refractivity contribution is 0.0792. The van der Waals surface area contributed by atoms with Crippen molar-refractivity contribution in [2.75, 3.05) is 13.1 Å². The molecule has 0 spiro atoms. The zero-order valence-electron chi connectivity index (χ0n) is 17.7. The first-order valence-electron chi connectivity index (χ1n) is 10.5. The highest BCUT2D eigenvalue weighted by Crippen LogP contribution is 2.15. The van der Waals surface area contributed by atoms with Crippen LogP contribution < -0.4 is 10.7 Å². The molecule has 1 saturated heterocycles. The lowest BCUT2D eigenvalue weighted by Crippen LogP contribution is -2.32. The normalized spacial score (nSPS) is 13.2. The average Bonchev–Trinajstić information content (AvgIpc) is 3.33. The summed E-state index contributed by atoms with van der Waals surface area (Å²) in [6.45, 7) is 3.25. The van der Waals surface area contributed by atoms with E-state index in [1.165, 1.54) is 22.9 Å². The highest BCUT2D eigenvalue weighted by molar-refractivity contribution is 5.94. The second kappa shape index (κ2) is 9.13. The lowest BCUT2D eigenvalue weighted by Gasteiger charge is -2.16. The Hall–Kier alpha value is -3.81. The summed E-state index contributed by atoms with van der Waals surface area (Å²) in [5, 5.41) is 6.78. The monoisotopic (exact) mass is 434 g/mol. The van der Waals surface area contributed by atoms with Crippen molar-refractivity contribution in [1.82, 2.24) is 20.0 Å². The first-order valence-corrected chi connectivity index (χ1v) is 10.5. The van der Waals surface area contributed by atoms with Crippen LogP contribution in [-0.4, -0.2) is 39.6 Å². The Morgan fingerprint density at radius 3 is 2.56 bits per heavy atom. The van der Waals surface area contributed by atoms with Crippen molar-refractivity contribution < 1.29 is 14.0 Å². The van der Waals surface area contributed by atoms with Gasteiger partial charge in [0.15, 0.2) is 5.69 Å². The molecular weight excluding hydrogens is 411 g/mol. The quantitative estimate of drug-likeness (QED) is 0.669. The van der Waals surface area contributed by atoms with E-state index >= 15 is 0 Å². The van der Waals surface area contributed by atoms with Crippen LogP contribution in [-0.2, 0) is 6.54 Å². The van der Waals surface area contributed by atoms with E-state index in [0.29, 0.717) is 11.3 Å². The van der Waals surface area contributed by atoms with Crippen LogP contribution in [0.5, 0.6) is 0 Å². The highest BCUT2D eigenvalue weighted by atomic mass is 19.1. The van der Waals surface area contributed by atoms with Crippen molar-refractivity contribution in [3.05, 3.63) is 93.2 Å². The van der Waals surface area contributed by atoms with Gasteiger partial charge < -0.3 is 10.2 Å². The summed E-state index contributed by atoms with van der Waals surface area (Å²) in [7, 11) is 0. The van der Waals surface area contributed by atoms with Crippen molar-refractivity contribution in [1.29, 1.82) is 0 Å². The number of rotatable bonds is 5. The minimum Gasteiger partial charge on any atom is -0.346 e. The number of para-hydroxylation sites is 1. The van der Waals surface area contributed by atoms with Crippen LogP contribution in [0.25, 0.3) is 5.69 Å². The Kier molecular flexibility index (Phi) is 6.11. The molecule has 32 heavy (non-hydrogen) atoms. The molecule has 1 N–H and O–H groups in total. The van der Waals surface area contributed by atoms with Gasteiger partial charge in [-0.15, -0.1) is 0 Å². The number of hydrogen-bond donors (Lipinski definition) is 1. The van der Waals surface area contributed by atoms with Gasteiger partial charge in [0, 0.05) is 37.0 Å². The van der Waals surface area contributed by atoms with Gasteiger partial charge >= 0.3 is 0 Å². The second-order valence-electron chi connectivity index (χ2n) is 7.74. The predicted molar refractivity (Wildman–Crippen MR) is 117 cm³/mol. The predicted octanol–water partition coefficient (Wildman–Crippen LogP) is 2.85. The molecule has 1 aromatic heterocycles. The first kappa shape index (κ1) is 21.4. The number of benzene rings is 2. The molecule has 2 amide bonds. The van der Waals surface area contributed by atoms with E-state index in [1.54, 1.807) is 43.3 Å². The van der Waals surface area contributed by atoms with E-state index < -0.39 is 17.2 Å². The third-order valence-electron chi connectivity index (χ3n) is 5.42. The maximum atomic E-state index is 14.2. The fraction of sp³-hybridized carbons (Fsp3) is 0.250. The van der Waals surface area contributed by atoms with Crippen LogP contribution in [0.4, 0.5) is 4.39 Å². The molecule has 3 aromatic rings. The lowest BCUT2D eigenvalue weighted by atomic mass is 10.1. The molecule has 1 aliphatic heterocycles. The molecule has 0 radical (unpaired) electrons. The fourth-order valence-corrected chi connectivity index (χ4v) is 3.76. The van der Waals surface area contributed by atoms with Crippen LogP contribution in [0.1, 0.15) is 44.9 Å². The van der Waals surface area contributed by atoms with Gasteiger partial charge in [-0.05, 0) is 49.6 Å². The molecule has 1 aliphatic rings. The molecular formula is C24H23FN4O3. The minimum absolute atomic E-state index is 0.0244. The SMILES string of the molecule is Cc1cc(=O)c(C(=O)NCc2cccc(C(=O)N3CCCC3)c2)nn1-c1ccccc1F. The molecule has 2 heterocycles. The molecule has 164 valence electrons. The summed E-state index contributed by atoms with van der Waals surface area (Å²) in [6.07, 6.45) is 2.02. The van der Waals surface area contributed by atoms with Crippen LogP contribution in [0.3, 0.4) is 0 Å². The third-order valence-corrected chi connectivity index (χ3v) is 5.42. The zero-order valence-corrected chi connectivity index (χ0v) is 17.7. The van der Waals surface area contributed by atoms with Crippen LogP contribution >= 0.6 is 0 Å². The van der Waals surface area contributed by atoms with Gasteiger partial charge in [-0.3, -0.25) is 14.4 Å². The molecule has 1 fully saturated rings. The number of carbonyl (C=O) groups is 2. The van der Waals surface area contributed by atoms with E-state index in [1.807, 2.05) is 4.90 Å². The summed E-state index contributed by atoms with van der Waals surface area (Å²) < 4.78 is 15.4. The summed E-state index contributed by atoms with van der Waals surface area (Å²) in [6, 6.07) is 14.3. The summed E-state index contributed by atoms with van der Waals surface area (Å²) in [5.41, 5.74) is 0.963. The molecule has 0 bridgehead atoms. The summed E-state index contributed by atoms with van der Waals surface area (Å²) in [5.74, 6) is -1.21. The maximum Gasteiger partial charge on any atom is 0.276 e. The molecule has 2 aromatic carbocycles. The third kappa shape index (κ3) is 4.44. The van der Waals surface area contributed by atoms with Gasteiger partial charge in [-0.2, -0.15) is 5.10 Å². The highest BCUT2D eigenvalue weighted by Gasteiger charge is 2.20. The van der Waals surface area contributed by atoms with Gasteiger partial charge in [0.05, 0.1) is 0 Å². The van der Waals surface area contributed by atoms with Crippen LogP contribution in [0.2, 0.25) is 0 Å². The standard InChI is InChI=1S/C24H23FN4O3/c1-16-13-21(30)22(27-29(16)20-10-3-2-9-19(20)25)23(31)26-15-17-7-6-8-18(14-17)24(32)28-11-4-5-12-28/h2-3,6-10,13-14H,4-5,11-12,15H2,1H3,(H,26,31). The Morgan fingerprint density at radius 1 is 1.06 bits per heavy atom. The van der Waals surface area contributed by atoms with Gasteiger partial charge in [0.25, 0.3) is 11.8 Å². The van der Waals surface area contributed by atoms with Gasteiger partial charge in [0.2, 0.25) is 5.43 Å². The number of aryl methyl sites for hydroxylation is 1. The maximum absolute atomic E-state index is 14.2. The van der Waals surface area contributed by atoms with Gasteiger partial charge in [-0.1, -0.05) is 24.3 Å². The second-order valence-corrected chi connectivity index (χ2v) is 7.74. The Bertz CT molecular complexity index is 1230. The topological polar surface area (TPSA) is 84.3 Å². The Balaban J connectivity index is 1.52. The summed E-state index contributed by atoms with van der Waals surface area (Å²) >= 11 is 0. The van der Waals surface area contributed by atoms with E-state index in [0.717, 1.165) is 31.5 Å². The van der Waals surface area contributed by atoms with Crippen molar-refractivity contribution in [2.45, 2.75) is 26.3 Å². The number of amides is 2. The molecule has 4 rings (SSSR count). The van der Waals surface area contributed by atoms with E-state index in [-0.39, 0.29) is 23.8 Å². The van der Waals surface area contributed by atoms with Crippen LogP contribution in [0, 0.1) is 12.7 Å². The van der Waals surface area contributed by atoms with Gasteiger partial charge in [-0.25, -0.2) is 9.07 Å². The minimum atomic E-state index is -0.670. The first-order chi connectivity index (χ1) is 15.4. The number of likely N-dealkylation sites (tertiary alicyclic amines) is 1. The number of nitrogens with one attached hydrogen (secondary N) is 1.